The maximum absolute atomic E-state index is 14.4. The van der Waals surface area contributed by atoms with Crippen molar-refractivity contribution in [1.29, 1.82) is 0 Å². The summed E-state index contributed by atoms with van der Waals surface area (Å²) in [5.41, 5.74) is 0.0334. The molecule has 1 N–H and O–H groups in total. The largest absolute Gasteiger partial charge is 0.478 e. The van der Waals surface area contributed by atoms with Crippen molar-refractivity contribution in [3.05, 3.63) is 28.0 Å². The van der Waals surface area contributed by atoms with E-state index in [1.54, 1.807) is 6.07 Å². The van der Waals surface area contributed by atoms with Crippen molar-refractivity contribution in [2.45, 2.75) is 25.8 Å². The number of hydrogen-bond donors (Lipinski definition) is 1. The van der Waals surface area contributed by atoms with Crippen molar-refractivity contribution in [1.82, 2.24) is 0 Å². The van der Waals surface area contributed by atoms with Crippen LogP contribution in [0.4, 0.5) is 10.1 Å². The number of ether oxygens (including phenoxy) is 1. The summed E-state index contributed by atoms with van der Waals surface area (Å²) in [5, 5.41) is 9.08. The monoisotopic (exact) mass is 345 g/mol. The van der Waals surface area contributed by atoms with Crippen molar-refractivity contribution in [2.75, 3.05) is 24.7 Å². The number of hydrogen-bond acceptors (Lipinski definition) is 3. The minimum atomic E-state index is -1.26. The summed E-state index contributed by atoms with van der Waals surface area (Å²) in [7, 11) is 0. The van der Waals surface area contributed by atoms with Gasteiger partial charge in [0.05, 0.1) is 11.3 Å². The molecule has 0 spiro atoms. The Hall–Kier alpha value is -1.14. The van der Waals surface area contributed by atoms with Gasteiger partial charge in [0.2, 0.25) is 0 Å². The molecule has 1 fully saturated rings. The van der Waals surface area contributed by atoms with Crippen LogP contribution in [0.2, 0.25) is 0 Å². The van der Waals surface area contributed by atoms with Crippen LogP contribution in [0.3, 0.4) is 0 Å². The average molecular weight is 346 g/mol. The van der Waals surface area contributed by atoms with Crippen molar-refractivity contribution in [2.24, 2.45) is 0 Å². The molecule has 0 unspecified atom stereocenters. The quantitative estimate of drug-likeness (QED) is 0.909. The lowest BCUT2D eigenvalue weighted by atomic mass is 10.0. The molecule has 0 radical (unpaired) electrons. The highest BCUT2D eigenvalue weighted by Crippen LogP contribution is 2.31. The highest BCUT2D eigenvalue weighted by molar-refractivity contribution is 9.10. The van der Waals surface area contributed by atoms with E-state index >= 15 is 0 Å². The fourth-order valence-electron chi connectivity index (χ4n) is 2.56. The molecular formula is C14H17BrFNO3. The smallest absolute Gasteiger partial charge is 0.338 e. The summed E-state index contributed by atoms with van der Waals surface area (Å²) < 4.78 is 20.3. The molecule has 0 bridgehead atoms. The Labute approximate surface area is 125 Å². The van der Waals surface area contributed by atoms with E-state index in [-0.39, 0.29) is 11.6 Å². The first kappa shape index (κ1) is 15.3. The predicted octanol–water partition coefficient (Wildman–Crippen LogP) is 3.29. The Morgan fingerprint density at radius 2 is 2.15 bits per heavy atom. The maximum atomic E-state index is 14.4. The second kappa shape index (κ2) is 6.54. The van der Waals surface area contributed by atoms with Gasteiger partial charge >= 0.3 is 5.97 Å². The normalized spacial score (nSPS) is 16.1. The SMILES string of the molecule is CCN(c1cc(Br)cc(C(=O)O)c1F)C1CCOCC1. The summed E-state index contributed by atoms with van der Waals surface area (Å²) in [6.45, 7) is 3.87. The molecule has 110 valence electrons. The number of nitrogens with zero attached hydrogens (tertiary/aromatic N) is 1. The van der Waals surface area contributed by atoms with Crippen LogP contribution in [-0.2, 0) is 4.74 Å². The molecule has 1 saturated heterocycles. The number of rotatable bonds is 4. The van der Waals surface area contributed by atoms with Crippen LogP contribution in [0.15, 0.2) is 16.6 Å². The number of carbonyl (C=O) groups is 1. The predicted molar refractivity (Wildman–Crippen MR) is 77.9 cm³/mol. The highest BCUT2D eigenvalue weighted by atomic mass is 79.9. The minimum Gasteiger partial charge on any atom is -0.478 e. The first-order chi connectivity index (χ1) is 9.54. The molecule has 0 aliphatic carbocycles. The third-order valence-electron chi connectivity index (χ3n) is 3.53. The maximum Gasteiger partial charge on any atom is 0.338 e. The zero-order chi connectivity index (χ0) is 14.7. The second-order valence-corrected chi connectivity index (χ2v) is 5.64. The minimum absolute atomic E-state index is 0.180. The topological polar surface area (TPSA) is 49.8 Å². The Balaban J connectivity index is 2.40. The third-order valence-corrected chi connectivity index (χ3v) is 3.99. The molecule has 0 aromatic heterocycles. The summed E-state index contributed by atoms with van der Waals surface area (Å²) in [4.78, 5) is 13.0. The van der Waals surface area contributed by atoms with Crippen LogP contribution in [0.5, 0.6) is 0 Å². The molecule has 0 saturated carbocycles. The van der Waals surface area contributed by atoms with Gasteiger partial charge in [-0.15, -0.1) is 0 Å². The molecule has 1 heterocycles. The van der Waals surface area contributed by atoms with E-state index in [0.717, 1.165) is 12.8 Å². The lowest BCUT2D eigenvalue weighted by Gasteiger charge is -2.35. The summed E-state index contributed by atoms with van der Waals surface area (Å²) >= 11 is 3.26. The summed E-state index contributed by atoms with van der Waals surface area (Å²) in [6, 6.07) is 3.11. The second-order valence-electron chi connectivity index (χ2n) is 4.72. The molecule has 4 nitrogen and oxygen atoms in total. The van der Waals surface area contributed by atoms with E-state index < -0.39 is 11.8 Å². The summed E-state index contributed by atoms with van der Waals surface area (Å²) in [6.07, 6.45) is 1.64. The van der Waals surface area contributed by atoms with Gasteiger partial charge in [-0.25, -0.2) is 9.18 Å². The molecule has 2 rings (SSSR count). The van der Waals surface area contributed by atoms with Gasteiger partial charge < -0.3 is 14.7 Å². The van der Waals surface area contributed by atoms with Crippen molar-refractivity contribution in [3.63, 3.8) is 0 Å². The van der Waals surface area contributed by atoms with Gasteiger partial charge in [-0.05, 0) is 31.9 Å². The Kier molecular flexibility index (Phi) is 4.99. The lowest BCUT2D eigenvalue weighted by Crippen LogP contribution is -2.40. The van der Waals surface area contributed by atoms with E-state index in [2.05, 4.69) is 15.9 Å². The first-order valence-electron chi connectivity index (χ1n) is 6.61. The number of aromatic carboxylic acids is 1. The molecule has 6 heteroatoms. The number of carboxylic acid groups (broad SMARTS) is 1. The zero-order valence-corrected chi connectivity index (χ0v) is 12.8. The molecule has 0 atom stereocenters. The van der Waals surface area contributed by atoms with Crippen molar-refractivity contribution < 1.29 is 19.0 Å². The lowest BCUT2D eigenvalue weighted by molar-refractivity contribution is 0.0691. The fraction of sp³-hybridized carbons (Fsp3) is 0.500. The van der Waals surface area contributed by atoms with Gasteiger partial charge in [-0.3, -0.25) is 0 Å². The molecule has 0 amide bonds. The van der Waals surface area contributed by atoms with Crippen LogP contribution < -0.4 is 4.90 Å². The van der Waals surface area contributed by atoms with Gasteiger partial charge in [-0.1, -0.05) is 15.9 Å². The Morgan fingerprint density at radius 3 is 2.70 bits per heavy atom. The number of halogens is 2. The van der Waals surface area contributed by atoms with Gasteiger partial charge in [0.15, 0.2) is 5.82 Å². The molecular weight excluding hydrogens is 329 g/mol. The van der Waals surface area contributed by atoms with Crippen LogP contribution in [0.1, 0.15) is 30.1 Å². The van der Waals surface area contributed by atoms with Crippen LogP contribution in [0.25, 0.3) is 0 Å². The van der Waals surface area contributed by atoms with Gasteiger partial charge in [0.25, 0.3) is 0 Å². The van der Waals surface area contributed by atoms with E-state index in [1.165, 1.54) is 6.07 Å². The Morgan fingerprint density at radius 1 is 1.50 bits per heavy atom. The van der Waals surface area contributed by atoms with Crippen molar-refractivity contribution >= 4 is 27.6 Å². The van der Waals surface area contributed by atoms with Gasteiger partial charge in [0.1, 0.15) is 0 Å². The standard InChI is InChI=1S/C14H17BrFNO3/c1-2-17(10-3-5-20-6-4-10)12-8-9(15)7-11(13(12)16)14(18)19/h7-8,10H,2-6H2,1H3,(H,18,19). The number of carboxylic acids is 1. The molecule has 1 aliphatic heterocycles. The number of benzene rings is 1. The molecule has 20 heavy (non-hydrogen) atoms. The van der Waals surface area contributed by atoms with Gasteiger partial charge in [-0.2, -0.15) is 0 Å². The van der Waals surface area contributed by atoms with Gasteiger partial charge in [0, 0.05) is 30.3 Å². The first-order valence-corrected chi connectivity index (χ1v) is 7.40. The molecule has 1 aliphatic rings. The van der Waals surface area contributed by atoms with E-state index in [9.17, 15) is 9.18 Å². The van der Waals surface area contributed by atoms with Crippen LogP contribution in [0, 0.1) is 5.82 Å². The Bertz CT molecular complexity index is 503. The zero-order valence-electron chi connectivity index (χ0n) is 11.2. The molecule has 1 aromatic rings. The fourth-order valence-corrected chi connectivity index (χ4v) is 3.01. The average Bonchev–Trinajstić information content (AvgIpc) is 2.44. The molecule has 1 aromatic carbocycles. The highest BCUT2D eigenvalue weighted by Gasteiger charge is 2.25. The van der Waals surface area contributed by atoms with E-state index in [1.807, 2.05) is 11.8 Å². The van der Waals surface area contributed by atoms with E-state index in [4.69, 9.17) is 9.84 Å². The van der Waals surface area contributed by atoms with Crippen LogP contribution >= 0.6 is 15.9 Å². The third kappa shape index (κ3) is 3.12. The van der Waals surface area contributed by atoms with E-state index in [0.29, 0.717) is 29.9 Å². The summed E-state index contributed by atoms with van der Waals surface area (Å²) in [5.74, 6) is -1.93. The van der Waals surface area contributed by atoms with Crippen LogP contribution in [-0.4, -0.2) is 36.9 Å². The van der Waals surface area contributed by atoms with Crippen molar-refractivity contribution in [3.8, 4) is 0 Å². The number of anilines is 1.